The number of nitrogens with zero attached hydrogens (tertiary/aromatic N) is 2. The molecular weight excluding hydrogens is 423 g/mol. The van der Waals surface area contributed by atoms with Gasteiger partial charge in [-0.05, 0) is 48.5 Å². The lowest BCUT2D eigenvalue weighted by molar-refractivity contribution is -0.153. The zero-order valence-electron chi connectivity index (χ0n) is 18.0. The highest BCUT2D eigenvalue weighted by atomic mass is 19.4. The number of carbonyl (C=O) groups excluding carboxylic acids is 1. The topological polar surface area (TPSA) is 54.0 Å². The van der Waals surface area contributed by atoms with Gasteiger partial charge in [0.05, 0.1) is 19.8 Å². The van der Waals surface area contributed by atoms with Gasteiger partial charge in [0.15, 0.2) is 6.61 Å². The van der Waals surface area contributed by atoms with E-state index >= 15 is 0 Å². The van der Waals surface area contributed by atoms with Crippen LogP contribution in [0.4, 0.5) is 24.5 Å². The number of alkyl halides is 3. The SMILES string of the molecule is CCN(CC(=O)Nc1ccc(N2CCOCC2)cc1)Cc1cccc(OCC(F)(F)F)c1. The minimum atomic E-state index is -4.38. The number of likely N-dealkylation sites (N-methyl/N-ethyl adjacent to an activating group) is 1. The van der Waals surface area contributed by atoms with E-state index < -0.39 is 12.8 Å². The maximum absolute atomic E-state index is 12.5. The molecule has 9 heteroatoms. The van der Waals surface area contributed by atoms with Gasteiger partial charge in [-0.15, -0.1) is 0 Å². The molecule has 6 nitrogen and oxygen atoms in total. The summed E-state index contributed by atoms with van der Waals surface area (Å²) in [7, 11) is 0. The van der Waals surface area contributed by atoms with Crippen LogP contribution in [0.1, 0.15) is 12.5 Å². The number of hydrogen-bond acceptors (Lipinski definition) is 5. The lowest BCUT2D eigenvalue weighted by Crippen LogP contribution is -2.36. The minimum Gasteiger partial charge on any atom is -0.484 e. The van der Waals surface area contributed by atoms with E-state index in [-0.39, 0.29) is 18.2 Å². The molecule has 0 unspecified atom stereocenters. The molecule has 1 heterocycles. The number of morpholine rings is 1. The van der Waals surface area contributed by atoms with E-state index in [1.54, 1.807) is 18.2 Å². The van der Waals surface area contributed by atoms with Crippen molar-refractivity contribution >= 4 is 17.3 Å². The molecule has 2 aromatic rings. The Morgan fingerprint density at radius 1 is 1.16 bits per heavy atom. The molecule has 1 saturated heterocycles. The van der Waals surface area contributed by atoms with E-state index in [4.69, 9.17) is 9.47 Å². The van der Waals surface area contributed by atoms with Crippen molar-refractivity contribution in [3.05, 3.63) is 54.1 Å². The summed E-state index contributed by atoms with van der Waals surface area (Å²) in [4.78, 5) is 16.6. The first-order chi connectivity index (χ1) is 15.3. The Balaban J connectivity index is 1.51. The van der Waals surface area contributed by atoms with Crippen molar-refractivity contribution in [1.29, 1.82) is 0 Å². The molecule has 0 aliphatic carbocycles. The molecule has 1 amide bonds. The Bertz CT molecular complexity index is 869. The summed E-state index contributed by atoms with van der Waals surface area (Å²) in [6.07, 6.45) is -4.38. The quantitative estimate of drug-likeness (QED) is 0.626. The van der Waals surface area contributed by atoms with Crippen molar-refractivity contribution in [2.24, 2.45) is 0 Å². The zero-order valence-corrected chi connectivity index (χ0v) is 18.0. The molecule has 174 valence electrons. The molecule has 1 N–H and O–H groups in total. The molecule has 0 radical (unpaired) electrons. The summed E-state index contributed by atoms with van der Waals surface area (Å²) in [6, 6.07) is 14.2. The largest absolute Gasteiger partial charge is 0.484 e. The van der Waals surface area contributed by atoms with E-state index in [9.17, 15) is 18.0 Å². The lowest BCUT2D eigenvalue weighted by atomic mass is 10.2. The average molecular weight is 451 g/mol. The highest BCUT2D eigenvalue weighted by molar-refractivity contribution is 5.92. The van der Waals surface area contributed by atoms with Crippen LogP contribution in [-0.4, -0.2) is 63.0 Å². The summed E-state index contributed by atoms with van der Waals surface area (Å²) >= 11 is 0. The Morgan fingerprint density at radius 2 is 1.88 bits per heavy atom. The molecule has 2 aromatic carbocycles. The summed E-state index contributed by atoms with van der Waals surface area (Å²) < 4.78 is 47.3. The van der Waals surface area contributed by atoms with Crippen LogP contribution in [-0.2, 0) is 16.1 Å². The molecular formula is C23H28F3N3O3. The van der Waals surface area contributed by atoms with Crippen LogP contribution in [0, 0.1) is 0 Å². The number of rotatable bonds is 9. The predicted octanol–water partition coefficient (Wildman–Crippen LogP) is 3.92. The number of anilines is 2. The second-order valence-corrected chi connectivity index (χ2v) is 7.55. The van der Waals surface area contributed by atoms with Gasteiger partial charge in [-0.1, -0.05) is 19.1 Å². The van der Waals surface area contributed by atoms with Crippen LogP contribution in [0.5, 0.6) is 5.75 Å². The van der Waals surface area contributed by atoms with Crippen molar-refractivity contribution < 1.29 is 27.4 Å². The van der Waals surface area contributed by atoms with Gasteiger partial charge in [-0.25, -0.2) is 0 Å². The lowest BCUT2D eigenvalue weighted by Gasteiger charge is -2.29. The fraction of sp³-hybridized carbons (Fsp3) is 0.435. The summed E-state index contributed by atoms with van der Waals surface area (Å²) in [5, 5.41) is 2.90. The smallest absolute Gasteiger partial charge is 0.422 e. The van der Waals surface area contributed by atoms with Gasteiger partial charge in [0, 0.05) is 31.0 Å². The maximum atomic E-state index is 12.5. The van der Waals surface area contributed by atoms with Crippen LogP contribution in [0.2, 0.25) is 0 Å². The predicted molar refractivity (Wildman–Crippen MR) is 117 cm³/mol. The fourth-order valence-electron chi connectivity index (χ4n) is 3.42. The first-order valence-corrected chi connectivity index (χ1v) is 10.6. The van der Waals surface area contributed by atoms with Gasteiger partial charge < -0.3 is 19.7 Å². The summed E-state index contributed by atoms with van der Waals surface area (Å²) in [6.45, 7) is 4.90. The molecule has 0 spiro atoms. The molecule has 3 rings (SSSR count). The van der Waals surface area contributed by atoms with Gasteiger partial charge in [0.2, 0.25) is 5.91 Å². The number of amides is 1. The molecule has 1 aliphatic heterocycles. The third-order valence-electron chi connectivity index (χ3n) is 5.05. The van der Waals surface area contributed by atoms with Crippen LogP contribution < -0.4 is 15.0 Å². The number of halogens is 3. The van der Waals surface area contributed by atoms with Gasteiger partial charge in [-0.3, -0.25) is 9.69 Å². The maximum Gasteiger partial charge on any atom is 0.422 e. The normalized spacial score (nSPS) is 14.5. The zero-order chi connectivity index (χ0) is 23.0. The molecule has 0 saturated carbocycles. The Morgan fingerprint density at radius 3 is 2.53 bits per heavy atom. The molecule has 0 aromatic heterocycles. The van der Waals surface area contributed by atoms with Crippen molar-refractivity contribution in [2.45, 2.75) is 19.6 Å². The van der Waals surface area contributed by atoms with Crippen LogP contribution in [0.15, 0.2) is 48.5 Å². The van der Waals surface area contributed by atoms with E-state index in [2.05, 4.69) is 10.2 Å². The van der Waals surface area contributed by atoms with Gasteiger partial charge in [-0.2, -0.15) is 13.2 Å². The average Bonchev–Trinajstić information content (AvgIpc) is 2.78. The van der Waals surface area contributed by atoms with Gasteiger partial charge >= 0.3 is 6.18 Å². The number of ether oxygens (including phenoxy) is 2. The van der Waals surface area contributed by atoms with E-state index in [1.807, 2.05) is 36.1 Å². The van der Waals surface area contributed by atoms with Crippen molar-refractivity contribution in [1.82, 2.24) is 4.90 Å². The number of nitrogens with one attached hydrogen (secondary N) is 1. The molecule has 0 atom stereocenters. The monoisotopic (exact) mass is 451 g/mol. The van der Waals surface area contributed by atoms with Gasteiger partial charge in [0.1, 0.15) is 5.75 Å². The first-order valence-electron chi connectivity index (χ1n) is 10.6. The highest BCUT2D eigenvalue weighted by Gasteiger charge is 2.28. The summed E-state index contributed by atoms with van der Waals surface area (Å²) in [5.74, 6) is -0.00358. The van der Waals surface area contributed by atoms with Crippen molar-refractivity contribution in [2.75, 3.05) is 56.2 Å². The molecule has 0 bridgehead atoms. The Kier molecular flexibility index (Phi) is 8.35. The second-order valence-electron chi connectivity index (χ2n) is 7.55. The van der Waals surface area contributed by atoms with Gasteiger partial charge in [0.25, 0.3) is 0 Å². The number of hydrogen-bond donors (Lipinski definition) is 1. The number of benzene rings is 2. The third kappa shape index (κ3) is 7.72. The Labute approximate surface area is 185 Å². The van der Waals surface area contributed by atoms with E-state index in [1.165, 1.54) is 6.07 Å². The van der Waals surface area contributed by atoms with Crippen molar-refractivity contribution in [3.63, 3.8) is 0 Å². The summed E-state index contributed by atoms with van der Waals surface area (Å²) in [5.41, 5.74) is 2.58. The Hall–Kier alpha value is -2.78. The standard InChI is InChI=1S/C23H28F3N3O3/c1-2-28(15-18-4-3-5-21(14-18)32-17-23(24,25)26)16-22(30)27-19-6-8-20(9-7-19)29-10-12-31-13-11-29/h3-9,14H,2,10-13,15-17H2,1H3,(H,27,30). The van der Waals surface area contributed by atoms with E-state index in [0.717, 1.165) is 24.3 Å². The molecule has 1 aliphatic rings. The minimum absolute atomic E-state index is 0.153. The highest BCUT2D eigenvalue weighted by Crippen LogP contribution is 2.21. The van der Waals surface area contributed by atoms with Crippen molar-refractivity contribution in [3.8, 4) is 5.75 Å². The molecule has 32 heavy (non-hydrogen) atoms. The van der Waals surface area contributed by atoms with Crippen LogP contribution >= 0.6 is 0 Å². The van der Waals surface area contributed by atoms with Crippen LogP contribution in [0.25, 0.3) is 0 Å². The van der Waals surface area contributed by atoms with E-state index in [0.29, 0.717) is 32.0 Å². The first kappa shape index (κ1) is 23.9. The number of carbonyl (C=O) groups is 1. The van der Waals surface area contributed by atoms with Crippen LogP contribution in [0.3, 0.4) is 0 Å². The third-order valence-corrected chi connectivity index (χ3v) is 5.05. The molecule has 1 fully saturated rings. The second kappa shape index (κ2) is 11.2. The fourth-order valence-corrected chi connectivity index (χ4v) is 3.42.